The number of nitrogens with zero attached hydrogens (tertiary/aromatic N) is 2. The smallest absolute Gasteiger partial charge is 0.224 e. The Hall–Kier alpha value is -1.92. The molecule has 2 aromatic rings. The summed E-state index contributed by atoms with van der Waals surface area (Å²) in [5, 5.41) is 3.94. The first-order valence-electron chi connectivity index (χ1n) is 7.83. The second kappa shape index (κ2) is 5.94. The minimum absolute atomic E-state index is 0.177. The first kappa shape index (κ1) is 14.7. The van der Waals surface area contributed by atoms with Gasteiger partial charge in [0.1, 0.15) is 10.8 Å². The molecular formula is C17H19N3O2S. The fourth-order valence-corrected chi connectivity index (χ4v) is 4.49. The van der Waals surface area contributed by atoms with Crippen LogP contribution in [0.25, 0.3) is 10.6 Å². The molecule has 0 spiro atoms. The molecule has 4 rings (SSSR count). The highest BCUT2D eigenvalue weighted by Gasteiger charge is 2.41. The van der Waals surface area contributed by atoms with Crippen molar-refractivity contribution < 1.29 is 9.53 Å². The van der Waals surface area contributed by atoms with E-state index in [0.717, 1.165) is 42.5 Å². The molecule has 0 radical (unpaired) electrons. The second-order valence-corrected chi connectivity index (χ2v) is 7.25. The fourth-order valence-electron chi connectivity index (χ4n) is 3.50. The Morgan fingerprint density at radius 1 is 1.39 bits per heavy atom. The van der Waals surface area contributed by atoms with Crippen LogP contribution in [0.5, 0.6) is 5.75 Å². The van der Waals surface area contributed by atoms with Crippen molar-refractivity contribution in [1.29, 1.82) is 0 Å². The molecule has 1 aromatic heterocycles. The molecule has 2 saturated heterocycles. The Balaban J connectivity index is 1.48. The summed E-state index contributed by atoms with van der Waals surface area (Å²) in [6.45, 7) is 3.55. The van der Waals surface area contributed by atoms with Crippen LogP contribution in [-0.2, 0) is 11.3 Å². The summed E-state index contributed by atoms with van der Waals surface area (Å²) in [5.41, 5.74) is 1.03. The van der Waals surface area contributed by atoms with E-state index >= 15 is 0 Å². The maximum Gasteiger partial charge on any atom is 0.224 e. The molecule has 2 atom stereocenters. The third-order valence-electron chi connectivity index (χ3n) is 4.66. The summed E-state index contributed by atoms with van der Waals surface area (Å²) < 4.78 is 5.42. The van der Waals surface area contributed by atoms with Crippen LogP contribution < -0.4 is 10.1 Å². The van der Waals surface area contributed by atoms with Gasteiger partial charge in [0.15, 0.2) is 0 Å². The molecule has 1 aromatic carbocycles. The van der Waals surface area contributed by atoms with E-state index in [1.807, 2.05) is 30.5 Å². The Bertz CT molecular complexity index is 730. The van der Waals surface area contributed by atoms with Crippen LogP contribution in [-0.4, -0.2) is 42.5 Å². The number of fused-ring (bicyclic) bond motifs is 1. The van der Waals surface area contributed by atoms with Crippen molar-refractivity contribution in [2.45, 2.75) is 6.54 Å². The van der Waals surface area contributed by atoms with Crippen LogP contribution in [0.4, 0.5) is 0 Å². The van der Waals surface area contributed by atoms with Gasteiger partial charge in [0.05, 0.1) is 18.6 Å². The summed E-state index contributed by atoms with van der Waals surface area (Å²) in [7, 11) is 1.68. The lowest BCUT2D eigenvalue weighted by atomic mass is 10.0. The zero-order valence-corrected chi connectivity index (χ0v) is 13.8. The van der Waals surface area contributed by atoms with Crippen LogP contribution in [0, 0.1) is 11.8 Å². The number of amides is 1. The Morgan fingerprint density at radius 2 is 2.26 bits per heavy atom. The van der Waals surface area contributed by atoms with E-state index in [2.05, 4.69) is 15.2 Å². The van der Waals surface area contributed by atoms with Gasteiger partial charge < -0.3 is 10.1 Å². The van der Waals surface area contributed by atoms with Crippen LogP contribution in [0.2, 0.25) is 0 Å². The first-order valence-corrected chi connectivity index (χ1v) is 8.64. The third kappa shape index (κ3) is 2.72. The number of methoxy groups -OCH3 is 1. The van der Waals surface area contributed by atoms with E-state index in [1.54, 1.807) is 18.4 Å². The standard InChI is InChI=1S/C17H19N3O2S/c1-22-15-5-3-2-4-13(15)17-19-7-12(23-17)9-20-8-11-6-18-16(21)14(11)10-20/h2-5,7,11,14H,6,8-10H2,1H3,(H,18,21)/t11-,14+/m0/s1. The molecule has 3 heterocycles. The number of para-hydroxylation sites is 1. The highest BCUT2D eigenvalue weighted by molar-refractivity contribution is 7.15. The normalized spacial score (nSPS) is 23.8. The minimum atomic E-state index is 0.177. The number of aromatic nitrogens is 1. The highest BCUT2D eigenvalue weighted by atomic mass is 32.1. The molecule has 6 heteroatoms. The average Bonchev–Trinajstić information content (AvgIpc) is 3.26. The van der Waals surface area contributed by atoms with Crippen molar-refractivity contribution in [2.24, 2.45) is 11.8 Å². The largest absolute Gasteiger partial charge is 0.496 e. The summed E-state index contributed by atoms with van der Waals surface area (Å²) in [6, 6.07) is 7.95. The Labute approximate surface area is 139 Å². The van der Waals surface area contributed by atoms with Crippen LogP contribution >= 0.6 is 11.3 Å². The van der Waals surface area contributed by atoms with Crippen molar-refractivity contribution in [3.05, 3.63) is 35.3 Å². The van der Waals surface area contributed by atoms with Gasteiger partial charge in [-0.1, -0.05) is 12.1 Å². The lowest BCUT2D eigenvalue weighted by Gasteiger charge is -2.15. The predicted octanol–water partition coefficient (Wildman–Crippen LogP) is 2.00. The van der Waals surface area contributed by atoms with E-state index in [9.17, 15) is 4.79 Å². The van der Waals surface area contributed by atoms with Gasteiger partial charge in [-0.25, -0.2) is 4.98 Å². The number of ether oxygens (including phenoxy) is 1. The van der Waals surface area contributed by atoms with Gasteiger partial charge in [-0.15, -0.1) is 11.3 Å². The summed E-state index contributed by atoms with van der Waals surface area (Å²) in [6.07, 6.45) is 1.95. The Morgan fingerprint density at radius 3 is 3.09 bits per heavy atom. The van der Waals surface area contributed by atoms with Gasteiger partial charge in [-0.05, 0) is 12.1 Å². The first-order chi connectivity index (χ1) is 11.2. The molecule has 0 saturated carbocycles. The molecule has 23 heavy (non-hydrogen) atoms. The molecule has 5 nitrogen and oxygen atoms in total. The van der Waals surface area contributed by atoms with E-state index in [1.165, 1.54) is 4.88 Å². The average molecular weight is 329 g/mol. The fraction of sp³-hybridized carbons (Fsp3) is 0.412. The number of hydrogen-bond donors (Lipinski definition) is 1. The van der Waals surface area contributed by atoms with Crippen molar-refractivity contribution in [2.75, 3.05) is 26.7 Å². The van der Waals surface area contributed by atoms with Crippen LogP contribution in [0.1, 0.15) is 4.88 Å². The summed E-state index contributed by atoms with van der Waals surface area (Å²) >= 11 is 1.70. The van der Waals surface area contributed by atoms with Gasteiger partial charge in [-0.3, -0.25) is 9.69 Å². The molecular weight excluding hydrogens is 310 g/mol. The van der Waals surface area contributed by atoms with Crippen LogP contribution in [0.15, 0.2) is 30.5 Å². The zero-order chi connectivity index (χ0) is 15.8. The molecule has 1 N–H and O–H groups in total. The number of hydrogen-bond acceptors (Lipinski definition) is 5. The van der Waals surface area contributed by atoms with Gasteiger partial charge in [-0.2, -0.15) is 0 Å². The SMILES string of the molecule is COc1ccccc1-c1ncc(CN2C[C@@H]3CNC(=O)[C@@H]3C2)s1. The van der Waals surface area contributed by atoms with E-state index in [4.69, 9.17) is 4.74 Å². The number of carbonyl (C=O) groups excluding carboxylic acids is 1. The van der Waals surface area contributed by atoms with Crippen molar-refractivity contribution >= 4 is 17.2 Å². The van der Waals surface area contributed by atoms with Crippen LogP contribution in [0.3, 0.4) is 0 Å². The number of benzene rings is 1. The number of thiazole rings is 1. The maximum absolute atomic E-state index is 11.8. The molecule has 2 aliphatic rings. The number of rotatable bonds is 4. The highest BCUT2D eigenvalue weighted by Crippen LogP contribution is 2.34. The molecule has 0 unspecified atom stereocenters. The summed E-state index contributed by atoms with van der Waals surface area (Å²) in [5.74, 6) is 1.72. The van der Waals surface area contributed by atoms with Gasteiger partial charge in [0.2, 0.25) is 5.91 Å². The molecule has 0 bridgehead atoms. The van der Waals surface area contributed by atoms with Crippen molar-refractivity contribution in [3.63, 3.8) is 0 Å². The second-order valence-electron chi connectivity index (χ2n) is 6.14. The van der Waals surface area contributed by atoms with Crippen molar-refractivity contribution in [3.8, 4) is 16.3 Å². The van der Waals surface area contributed by atoms with E-state index in [-0.39, 0.29) is 11.8 Å². The minimum Gasteiger partial charge on any atom is -0.496 e. The zero-order valence-electron chi connectivity index (χ0n) is 13.0. The monoisotopic (exact) mass is 329 g/mol. The molecule has 120 valence electrons. The third-order valence-corrected chi connectivity index (χ3v) is 5.68. The molecule has 0 aliphatic carbocycles. The van der Waals surface area contributed by atoms with Gasteiger partial charge in [0.25, 0.3) is 0 Å². The lowest BCUT2D eigenvalue weighted by Crippen LogP contribution is -2.28. The quantitative estimate of drug-likeness (QED) is 0.932. The molecule has 2 fully saturated rings. The van der Waals surface area contributed by atoms with Gasteiger partial charge >= 0.3 is 0 Å². The topological polar surface area (TPSA) is 54.5 Å². The summed E-state index contributed by atoms with van der Waals surface area (Å²) in [4.78, 5) is 19.9. The van der Waals surface area contributed by atoms with E-state index in [0.29, 0.717) is 5.92 Å². The number of nitrogens with one attached hydrogen (secondary N) is 1. The Kier molecular flexibility index (Phi) is 3.79. The number of carbonyl (C=O) groups is 1. The van der Waals surface area contributed by atoms with E-state index < -0.39 is 0 Å². The van der Waals surface area contributed by atoms with Gasteiger partial charge in [0, 0.05) is 43.2 Å². The maximum atomic E-state index is 11.8. The molecule has 1 amide bonds. The lowest BCUT2D eigenvalue weighted by molar-refractivity contribution is -0.122. The van der Waals surface area contributed by atoms with Crippen molar-refractivity contribution in [1.82, 2.24) is 15.2 Å². The molecule has 2 aliphatic heterocycles. The number of likely N-dealkylation sites (tertiary alicyclic amines) is 1. The predicted molar refractivity (Wildman–Crippen MR) is 89.4 cm³/mol.